The molecular weight excluding hydrogens is 528 g/mol. The highest BCUT2D eigenvalue weighted by Gasteiger charge is 2.44. The maximum absolute atomic E-state index is 9.69. The summed E-state index contributed by atoms with van der Waals surface area (Å²) in [5.74, 6) is 2.08. The van der Waals surface area contributed by atoms with E-state index >= 15 is 0 Å². The van der Waals surface area contributed by atoms with Crippen molar-refractivity contribution in [3.8, 4) is 6.01 Å². The van der Waals surface area contributed by atoms with Gasteiger partial charge in [-0.2, -0.15) is 15.1 Å². The zero-order chi connectivity index (χ0) is 29.3. The van der Waals surface area contributed by atoms with Crippen LogP contribution in [-0.2, 0) is 32.4 Å². The fraction of sp³-hybridized carbons (Fsp3) is 0.500. The second-order valence-corrected chi connectivity index (χ2v) is 12.2. The lowest BCUT2D eigenvalue weighted by molar-refractivity contribution is 0.182. The number of anilines is 2. The molecule has 222 valence electrons. The highest BCUT2D eigenvalue weighted by atomic mass is 16.5. The van der Waals surface area contributed by atoms with Crippen LogP contribution in [0.25, 0.3) is 10.8 Å². The molecule has 1 aliphatic heterocycles. The minimum absolute atomic E-state index is 0.183. The van der Waals surface area contributed by atoms with Gasteiger partial charge in [-0.05, 0) is 63.7 Å². The third-order valence-corrected chi connectivity index (χ3v) is 8.33. The first-order valence-electron chi connectivity index (χ1n) is 15.1. The first-order chi connectivity index (χ1) is 20.3. The first kappa shape index (κ1) is 28.4. The van der Waals surface area contributed by atoms with E-state index in [2.05, 4.69) is 87.7 Å². The van der Waals surface area contributed by atoms with Gasteiger partial charge < -0.3 is 25.0 Å². The standard InChI is InChI=1S/C32H42N8O2/c1-5-22-8-6-9-23-10-7-11-26(29(22)23)40-15-12-24-25(18-40)34-31(42-20-32(13-14-32)19-39(3)4)36-30(24)33-17-28-35-27(37-38-28)16-21(2)41/h6-11,21,41H,5,12-20H2,1-4H3,(H,33,34,36)(H,35,37,38). The minimum atomic E-state index is -0.490. The van der Waals surface area contributed by atoms with E-state index < -0.39 is 6.10 Å². The number of aliphatic hydroxyl groups excluding tert-OH is 1. The number of aryl methyl sites for hydroxylation is 1. The van der Waals surface area contributed by atoms with Gasteiger partial charge in [0, 0.05) is 41.6 Å². The number of aliphatic hydroxyl groups is 1. The van der Waals surface area contributed by atoms with E-state index in [4.69, 9.17) is 14.7 Å². The summed E-state index contributed by atoms with van der Waals surface area (Å²) in [5, 5.41) is 23.0. The summed E-state index contributed by atoms with van der Waals surface area (Å²) in [6, 6.07) is 13.6. The number of rotatable bonds is 12. The second kappa shape index (κ2) is 11.9. The molecule has 2 aromatic carbocycles. The highest BCUT2D eigenvalue weighted by Crippen LogP contribution is 2.46. The topological polar surface area (TPSA) is 115 Å². The summed E-state index contributed by atoms with van der Waals surface area (Å²) < 4.78 is 6.32. The third kappa shape index (κ3) is 6.19. The van der Waals surface area contributed by atoms with E-state index in [1.54, 1.807) is 6.92 Å². The highest BCUT2D eigenvalue weighted by molar-refractivity contribution is 5.97. The number of fused-ring (bicyclic) bond motifs is 2. The van der Waals surface area contributed by atoms with Crippen LogP contribution >= 0.6 is 0 Å². The number of H-pyrrole nitrogens is 1. The van der Waals surface area contributed by atoms with Gasteiger partial charge in [-0.15, -0.1) is 0 Å². The predicted molar refractivity (Wildman–Crippen MR) is 165 cm³/mol. The van der Waals surface area contributed by atoms with Gasteiger partial charge in [0.1, 0.15) is 11.6 Å². The van der Waals surface area contributed by atoms with Gasteiger partial charge in [0.05, 0.1) is 31.5 Å². The zero-order valence-electron chi connectivity index (χ0n) is 25.2. The lowest BCUT2D eigenvalue weighted by atomic mass is 9.98. The number of ether oxygens (including phenoxy) is 1. The summed E-state index contributed by atoms with van der Waals surface area (Å²) in [6.07, 6.45) is 4.05. The van der Waals surface area contributed by atoms with Crippen molar-refractivity contribution in [2.45, 2.75) is 65.1 Å². The second-order valence-electron chi connectivity index (χ2n) is 12.2. The van der Waals surface area contributed by atoms with Gasteiger partial charge >= 0.3 is 6.01 Å². The Balaban J connectivity index is 1.28. The molecule has 42 heavy (non-hydrogen) atoms. The van der Waals surface area contributed by atoms with Crippen LogP contribution < -0.4 is 15.0 Å². The Bertz CT molecular complexity index is 1540. The maximum atomic E-state index is 9.69. The molecule has 1 aliphatic carbocycles. The van der Waals surface area contributed by atoms with Gasteiger partial charge in [0.15, 0.2) is 5.82 Å². The molecular formula is C32H42N8O2. The van der Waals surface area contributed by atoms with Crippen molar-refractivity contribution in [1.82, 2.24) is 30.0 Å². The predicted octanol–water partition coefficient (Wildman–Crippen LogP) is 4.13. The van der Waals surface area contributed by atoms with Crippen LogP contribution in [0.2, 0.25) is 0 Å². The van der Waals surface area contributed by atoms with Crippen molar-refractivity contribution in [3.05, 3.63) is 64.9 Å². The molecule has 2 aliphatic rings. The van der Waals surface area contributed by atoms with E-state index in [1.807, 2.05) is 0 Å². The van der Waals surface area contributed by atoms with E-state index in [0.29, 0.717) is 43.8 Å². The normalized spacial score (nSPS) is 16.5. The molecule has 3 heterocycles. The summed E-state index contributed by atoms with van der Waals surface area (Å²) in [5.41, 5.74) is 4.90. The van der Waals surface area contributed by atoms with E-state index in [9.17, 15) is 5.11 Å². The number of aromatic nitrogens is 5. The smallest absolute Gasteiger partial charge is 0.318 e. The van der Waals surface area contributed by atoms with Crippen molar-refractivity contribution in [1.29, 1.82) is 0 Å². The SMILES string of the molecule is CCc1cccc2cccc(N3CCc4c(nc(OCC5(CN(C)C)CC5)nc4NCc4nc(CC(C)O)n[nH]4)C3)c12. The molecule has 10 heteroatoms. The molecule has 1 unspecified atom stereocenters. The van der Waals surface area contributed by atoms with E-state index in [-0.39, 0.29) is 5.41 Å². The average molecular weight is 571 g/mol. The quantitative estimate of drug-likeness (QED) is 0.231. The molecule has 10 nitrogen and oxygen atoms in total. The van der Waals surface area contributed by atoms with Crippen LogP contribution in [0.5, 0.6) is 6.01 Å². The Kier molecular flexibility index (Phi) is 8.00. The molecule has 0 radical (unpaired) electrons. The van der Waals surface area contributed by atoms with Crippen molar-refractivity contribution in [2.24, 2.45) is 5.41 Å². The fourth-order valence-corrected chi connectivity index (χ4v) is 6.13. The Morgan fingerprint density at radius 3 is 2.69 bits per heavy atom. The first-order valence-corrected chi connectivity index (χ1v) is 15.1. The van der Waals surface area contributed by atoms with Crippen molar-refractivity contribution in [3.63, 3.8) is 0 Å². The van der Waals surface area contributed by atoms with Crippen LogP contribution in [0.15, 0.2) is 36.4 Å². The third-order valence-electron chi connectivity index (χ3n) is 8.33. The molecule has 0 saturated heterocycles. The molecule has 4 aromatic rings. The molecule has 0 amide bonds. The van der Waals surface area contributed by atoms with Gasteiger partial charge in [-0.3, -0.25) is 5.10 Å². The molecule has 3 N–H and O–H groups in total. The number of nitrogens with one attached hydrogen (secondary N) is 2. The molecule has 1 atom stereocenters. The zero-order valence-corrected chi connectivity index (χ0v) is 25.2. The Hall–Kier alpha value is -3.76. The minimum Gasteiger partial charge on any atom is -0.463 e. The monoisotopic (exact) mass is 570 g/mol. The summed E-state index contributed by atoms with van der Waals surface area (Å²) in [4.78, 5) is 19.0. The summed E-state index contributed by atoms with van der Waals surface area (Å²) >= 11 is 0. The molecule has 1 fully saturated rings. The Labute approximate surface area is 247 Å². The van der Waals surface area contributed by atoms with Crippen molar-refractivity contribution in [2.75, 3.05) is 44.0 Å². The van der Waals surface area contributed by atoms with E-state index in [0.717, 1.165) is 55.8 Å². The van der Waals surface area contributed by atoms with Crippen LogP contribution in [0.3, 0.4) is 0 Å². The Morgan fingerprint density at radius 1 is 1.14 bits per heavy atom. The molecule has 2 aromatic heterocycles. The van der Waals surface area contributed by atoms with Gasteiger partial charge in [-0.1, -0.05) is 37.3 Å². The van der Waals surface area contributed by atoms with Gasteiger partial charge in [-0.25, -0.2) is 4.98 Å². The largest absolute Gasteiger partial charge is 0.463 e. The van der Waals surface area contributed by atoms with E-state index in [1.165, 1.54) is 22.0 Å². The van der Waals surface area contributed by atoms with Gasteiger partial charge in [0.2, 0.25) is 0 Å². The van der Waals surface area contributed by atoms with Crippen LogP contribution in [0.4, 0.5) is 11.5 Å². The number of benzene rings is 2. The number of hydrogen-bond acceptors (Lipinski definition) is 9. The molecule has 1 saturated carbocycles. The molecule has 0 spiro atoms. The number of aromatic amines is 1. The summed E-state index contributed by atoms with van der Waals surface area (Å²) in [6.45, 7) is 7.56. The average Bonchev–Trinajstić information content (AvgIpc) is 3.59. The lowest BCUT2D eigenvalue weighted by Crippen LogP contribution is -2.33. The maximum Gasteiger partial charge on any atom is 0.318 e. The molecule has 0 bridgehead atoms. The molecule has 6 rings (SSSR count). The number of hydrogen-bond donors (Lipinski definition) is 3. The number of nitrogens with zero attached hydrogens (tertiary/aromatic N) is 6. The van der Waals surface area contributed by atoms with Crippen molar-refractivity contribution < 1.29 is 9.84 Å². The van der Waals surface area contributed by atoms with Crippen LogP contribution in [-0.4, -0.2) is 75.1 Å². The fourth-order valence-electron chi connectivity index (χ4n) is 6.13. The van der Waals surface area contributed by atoms with Gasteiger partial charge in [0.25, 0.3) is 0 Å². The van der Waals surface area contributed by atoms with Crippen LogP contribution in [0.1, 0.15) is 55.2 Å². The van der Waals surface area contributed by atoms with Crippen LogP contribution in [0, 0.1) is 5.41 Å². The lowest BCUT2D eigenvalue weighted by Gasteiger charge is -2.32. The van der Waals surface area contributed by atoms with Crippen molar-refractivity contribution >= 4 is 22.3 Å². The Morgan fingerprint density at radius 2 is 1.95 bits per heavy atom. The summed E-state index contributed by atoms with van der Waals surface area (Å²) in [7, 11) is 4.22.